The monoisotopic (exact) mass is 443 g/mol. The lowest BCUT2D eigenvalue weighted by Crippen LogP contribution is -2.41. The molecular formula is C23H31Cl2F2N2. The molecule has 1 aromatic carbocycles. The normalized spacial score (nSPS) is 21.6. The molecule has 1 aliphatic rings. The fraction of sp³-hybridized carbons (Fsp3) is 0.522. The van der Waals surface area contributed by atoms with Crippen molar-refractivity contribution in [1.29, 1.82) is 0 Å². The van der Waals surface area contributed by atoms with Gasteiger partial charge in [0.15, 0.2) is 0 Å². The van der Waals surface area contributed by atoms with Crippen molar-refractivity contribution in [3.63, 3.8) is 0 Å². The van der Waals surface area contributed by atoms with E-state index < -0.39 is 11.5 Å². The van der Waals surface area contributed by atoms with Crippen LogP contribution in [-0.2, 0) is 5.67 Å². The minimum absolute atomic E-state index is 0.0134. The molecule has 0 saturated carbocycles. The van der Waals surface area contributed by atoms with Crippen molar-refractivity contribution < 1.29 is 8.78 Å². The average molecular weight is 444 g/mol. The second-order valence-corrected chi connectivity index (χ2v) is 10.1. The molecule has 29 heavy (non-hydrogen) atoms. The summed E-state index contributed by atoms with van der Waals surface area (Å²) in [6.07, 6.45) is 2.56. The van der Waals surface area contributed by atoms with Gasteiger partial charge in [-0.05, 0) is 36.8 Å². The van der Waals surface area contributed by atoms with E-state index in [4.69, 9.17) is 23.2 Å². The minimum Gasteiger partial charge on any atom is -0.384 e. The highest BCUT2D eigenvalue weighted by Crippen LogP contribution is 2.49. The lowest BCUT2D eigenvalue weighted by atomic mass is 9.85. The van der Waals surface area contributed by atoms with E-state index in [9.17, 15) is 4.39 Å². The Kier molecular flexibility index (Phi) is 7.67. The van der Waals surface area contributed by atoms with Crippen molar-refractivity contribution in [2.75, 3.05) is 6.54 Å². The van der Waals surface area contributed by atoms with Gasteiger partial charge in [-0.2, -0.15) is 0 Å². The van der Waals surface area contributed by atoms with Crippen LogP contribution in [0.5, 0.6) is 0 Å². The Morgan fingerprint density at radius 3 is 2.17 bits per heavy atom. The van der Waals surface area contributed by atoms with Gasteiger partial charge < -0.3 is 10.6 Å². The molecule has 2 unspecified atom stereocenters. The van der Waals surface area contributed by atoms with Crippen LogP contribution in [0.1, 0.15) is 53.5 Å². The SMILES string of the molecule is CC(C)CC(C)NC1=C(Cl)C(F)(c2ccc(F)cc2)C(NCC(C)(C)C)=C(Cl)[CH]1. The van der Waals surface area contributed by atoms with Gasteiger partial charge in [0.05, 0.1) is 22.2 Å². The van der Waals surface area contributed by atoms with Crippen LogP contribution in [0.25, 0.3) is 0 Å². The standard InChI is InChI=1S/C23H31Cl2F2N2/c1-14(2)11-15(3)29-19-12-18(24)21(28-13-22(4,5)6)23(27,20(19)25)16-7-9-17(26)10-8-16/h7-10,12,14-15,28-29H,11,13H2,1-6H3. The van der Waals surface area contributed by atoms with E-state index >= 15 is 4.39 Å². The fourth-order valence-corrected chi connectivity index (χ4v) is 3.99. The zero-order chi connectivity index (χ0) is 22.0. The summed E-state index contributed by atoms with van der Waals surface area (Å²) >= 11 is 13.2. The Balaban J connectivity index is 2.50. The highest BCUT2D eigenvalue weighted by Gasteiger charge is 2.46. The number of nitrogens with one attached hydrogen (secondary N) is 2. The second kappa shape index (κ2) is 9.26. The van der Waals surface area contributed by atoms with Crippen LogP contribution in [0.3, 0.4) is 0 Å². The maximum absolute atomic E-state index is 16.7. The predicted octanol–water partition coefficient (Wildman–Crippen LogP) is 6.77. The number of hydrogen-bond donors (Lipinski definition) is 2. The minimum atomic E-state index is -2.20. The Hall–Kier alpha value is -1.26. The molecule has 0 heterocycles. The van der Waals surface area contributed by atoms with Gasteiger partial charge in [-0.1, -0.05) is 70.0 Å². The molecule has 0 bridgehead atoms. The molecule has 2 rings (SSSR count). The summed E-state index contributed by atoms with van der Waals surface area (Å²) < 4.78 is 30.2. The zero-order valence-electron chi connectivity index (χ0n) is 18.0. The summed E-state index contributed by atoms with van der Waals surface area (Å²) in [6.45, 7) is 12.9. The number of allylic oxidation sites excluding steroid dienone is 2. The first-order valence-electron chi connectivity index (χ1n) is 9.95. The first-order chi connectivity index (χ1) is 13.3. The van der Waals surface area contributed by atoms with Gasteiger partial charge >= 0.3 is 0 Å². The van der Waals surface area contributed by atoms with E-state index in [1.165, 1.54) is 24.3 Å². The van der Waals surface area contributed by atoms with Crippen LogP contribution in [0.4, 0.5) is 8.78 Å². The van der Waals surface area contributed by atoms with E-state index in [1.807, 2.05) is 27.7 Å². The van der Waals surface area contributed by atoms with Crippen molar-refractivity contribution in [2.45, 2.75) is 59.7 Å². The van der Waals surface area contributed by atoms with Crippen molar-refractivity contribution in [3.8, 4) is 0 Å². The molecule has 161 valence electrons. The van der Waals surface area contributed by atoms with Gasteiger partial charge in [-0.15, -0.1) is 0 Å². The van der Waals surface area contributed by atoms with E-state index in [-0.39, 0.29) is 32.8 Å². The molecule has 1 radical (unpaired) electrons. The van der Waals surface area contributed by atoms with Gasteiger partial charge in [0.1, 0.15) is 5.82 Å². The van der Waals surface area contributed by atoms with E-state index in [2.05, 4.69) is 24.5 Å². The summed E-state index contributed by atoms with van der Waals surface area (Å²) in [4.78, 5) is 0. The maximum atomic E-state index is 16.7. The quantitative estimate of drug-likeness (QED) is 0.485. The van der Waals surface area contributed by atoms with Crippen LogP contribution in [0.2, 0.25) is 0 Å². The van der Waals surface area contributed by atoms with Crippen molar-refractivity contribution in [1.82, 2.24) is 10.6 Å². The maximum Gasteiger partial charge on any atom is 0.213 e. The zero-order valence-corrected chi connectivity index (χ0v) is 19.5. The van der Waals surface area contributed by atoms with Crippen molar-refractivity contribution in [2.24, 2.45) is 11.3 Å². The van der Waals surface area contributed by atoms with E-state index in [0.29, 0.717) is 18.2 Å². The molecule has 0 aromatic heterocycles. The summed E-state index contributed by atoms with van der Waals surface area (Å²) in [7, 11) is 0. The first kappa shape index (κ1) is 24.0. The Morgan fingerprint density at radius 2 is 1.66 bits per heavy atom. The van der Waals surface area contributed by atoms with Gasteiger partial charge in [-0.25, -0.2) is 8.78 Å². The number of benzene rings is 1. The fourth-order valence-electron chi connectivity index (χ4n) is 3.37. The summed E-state index contributed by atoms with van der Waals surface area (Å²) in [5.41, 5.74) is -1.46. The largest absolute Gasteiger partial charge is 0.384 e. The van der Waals surface area contributed by atoms with Crippen molar-refractivity contribution >= 4 is 23.2 Å². The molecule has 2 nitrogen and oxygen atoms in total. The summed E-state index contributed by atoms with van der Waals surface area (Å²) in [6, 6.07) is 5.34. The number of alkyl halides is 1. The van der Waals surface area contributed by atoms with Gasteiger partial charge in [-0.3, -0.25) is 0 Å². The van der Waals surface area contributed by atoms with Crippen LogP contribution in [-0.4, -0.2) is 12.6 Å². The van der Waals surface area contributed by atoms with Crippen LogP contribution in [0, 0.1) is 23.6 Å². The lowest BCUT2D eigenvalue weighted by molar-refractivity contribution is 0.248. The van der Waals surface area contributed by atoms with Gasteiger partial charge in [0.25, 0.3) is 0 Å². The molecule has 0 fully saturated rings. The average Bonchev–Trinajstić information content (AvgIpc) is 2.58. The van der Waals surface area contributed by atoms with Crippen LogP contribution >= 0.6 is 23.2 Å². The molecule has 2 atom stereocenters. The Labute approximate surface area is 183 Å². The molecule has 0 saturated heterocycles. The third-order valence-electron chi connectivity index (χ3n) is 4.66. The molecule has 1 aromatic rings. The molecule has 0 amide bonds. The second-order valence-electron chi connectivity index (χ2n) is 9.35. The smallest absolute Gasteiger partial charge is 0.213 e. The van der Waals surface area contributed by atoms with E-state index in [0.717, 1.165) is 6.42 Å². The Bertz CT molecular complexity index is 779. The van der Waals surface area contributed by atoms with Crippen LogP contribution < -0.4 is 10.6 Å². The number of halogens is 4. The molecule has 1 aliphatic carbocycles. The van der Waals surface area contributed by atoms with Gasteiger partial charge in [0, 0.05) is 23.8 Å². The third kappa shape index (κ3) is 5.88. The molecule has 0 aliphatic heterocycles. The molecular weight excluding hydrogens is 413 g/mol. The number of hydrogen-bond acceptors (Lipinski definition) is 2. The highest BCUT2D eigenvalue weighted by molar-refractivity contribution is 6.35. The van der Waals surface area contributed by atoms with Crippen LogP contribution in [0.15, 0.2) is 45.7 Å². The number of rotatable bonds is 7. The van der Waals surface area contributed by atoms with E-state index in [1.54, 1.807) is 6.42 Å². The van der Waals surface area contributed by atoms with Crippen molar-refractivity contribution in [3.05, 3.63) is 63.5 Å². The molecule has 0 spiro atoms. The highest BCUT2D eigenvalue weighted by atomic mass is 35.5. The Morgan fingerprint density at radius 1 is 1.07 bits per heavy atom. The molecule has 2 N–H and O–H groups in total. The predicted molar refractivity (Wildman–Crippen MR) is 119 cm³/mol. The lowest BCUT2D eigenvalue weighted by Gasteiger charge is -2.37. The summed E-state index contributed by atoms with van der Waals surface area (Å²) in [5, 5.41) is 6.67. The topological polar surface area (TPSA) is 24.1 Å². The van der Waals surface area contributed by atoms with Gasteiger partial charge in [0.2, 0.25) is 5.67 Å². The third-order valence-corrected chi connectivity index (χ3v) is 5.42. The summed E-state index contributed by atoms with van der Waals surface area (Å²) in [5.74, 6) is 0.0331. The molecule has 6 heteroatoms. The first-order valence-corrected chi connectivity index (χ1v) is 10.7.